The molecule has 0 saturated carbocycles. The summed E-state index contributed by atoms with van der Waals surface area (Å²) in [6.45, 7) is 6.58. The van der Waals surface area contributed by atoms with Crippen molar-refractivity contribution in [2.75, 3.05) is 25.1 Å². The van der Waals surface area contributed by atoms with Crippen molar-refractivity contribution in [2.24, 2.45) is 5.92 Å². The monoisotopic (exact) mass is 272 g/mol. The van der Waals surface area contributed by atoms with Crippen molar-refractivity contribution in [1.29, 1.82) is 0 Å². The van der Waals surface area contributed by atoms with Crippen LogP contribution in [0, 0.1) is 5.92 Å². The minimum atomic E-state index is 0.589. The van der Waals surface area contributed by atoms with Gasteiger partial charge in [0.25, 0.3) is 0 Å². The Balaban J connectivity index is 2.18. The molecule has 1 aromatic rings. The van der Waals surface area contributed by atoms with E-state index in [0.29, 0.717) is 12.5 Å². The van der Waals surface area contributed by atoms with E-state index in [0.717, 1.165) is 23.4 Å². The number of anilines is 1. The van der Waals surface area contributed by atoms with E-state index in [9.17, 15) is 0 Å². The van der Waals surface area contributed by atoms with Gasteiger partial charge in [-0.2, -0.15) is 0 Å². The third-order valence-corrected chi connectivity index (χ3v) is 2.39. The molecule has 0 aliphatic heterocycles. The van der Waals surface area contributed by atoms with E-state index in [1.54, 1.807) is 6.20 Å². The fourth-order valence-corrected chi connectivity index (χ4v) is 1.47. The second kappa shape index (κ2) is 6.80. The van der Waals surface area contributed by atoms with Gasteiger partial charge >= 0.3 is 0 Å². The molecule has 15 heavy (non-hydrogen) atoms. The molecule has 0 bridgehead atoms. The van der Waals surface area contributed by atoms with Gasteiger partial charge in [-0.15, -0.1) is 0 Å². The standard InChI is InChI=1S/C11H17BrN2O/c1-9(2)8-15-7-6-14-11-10(12)4-3-5-13-11/h3-5,9H,6-8H2,1-2H3,(H,13,14). The Morgan fingerprint density at radius 1 is 1.53 bits per heavy atom. The molecule has 0 atom stereocenters. The second-order valence-electron chi connectivity index (χ2n) is 3.73. The number of pyridine rings is 1. The van der Waals surface area contributed by atoms with E-state index in [1.165, 1.54) is 0 Å². The summed E-state index contributed by atoms with van der Waals surface area (Å²) in [5, 5.41) is 3.20. The zero-order valence-corrected chi connectivity index (χ0v) is 10.8. The van der Waals surface area contributed by atoms with Crippen LogP contribution < -0.4 is 5.32 Å². The van der Waals surface area contributed by atoms with Crippen LogP contribution in [-0.4, -0.2) is 24.7 Å². The van der Waals surface area contributed by atoms with Gasteiger partial charge in [0.05, 0.1) is 11.1 Å². The average molecular weight is 273 g/mol. The van der Waals surface area contributed by atoms with Crippen LogP contribution in [-0.2, 0) is 4.74 Å². The van der Waals surface area contributed by atoms with Crippen LogP contribution in [0.25, 0.3) is 0 Å². The van der Waals surface area contributed by atoms with Gasteiger partial charge in [0.15, 0.2) is 0 Å². The molecular formula is C11H17BrN2O. The van der Waals surface area contributed by atoms with Gasteiger partial charge in [0.2, 0.25) is 0 Å². The first-order chi connectivity index (χ1) is 7.20. The summed E-state index contributed by atoms with van der Waals surface area (Å²) in [4.78, 5) is 4.20. The van der Waals surface area contributed by atoms with Crippen LogP contribution in [0.2, 0.25) is 0 Å². The highest BCUT2D eigenvalue weighted by molar-refractivity contribution is 9.10. The zero-order valence-electron chi connectivity index (χ0n) is 9.16. The number of hydrogen-bond donors (Lipinski definition) is 1. The number of halogens is 1. The van der Waals surface area contributed by atoms with Crippen molar-refractivity contribution in [1.82, 2.24) is 4.98 Å². The third-order valence-electron chi connectivity index (χ3n) is 1.75. The van der Waals surface area contributed by atoms with Crippen molar-refractivity contribution in [3.63, 3.8) is 0 Å². The minimum Gasteiger partial charge on any atom is -0.379 e. The highest BCUT2D eigenvalue weighted by Crippen LogP contribution is 2.17. The molecule has 0 saturated heterocycles. The quantitative estimate of drug-likeness (QED) is 0.809. The van der Waals surface area contributed by atoms with Gasteiger partial charge in [-0.1, -0.05) is 13.8 Å². The van der Waals surface area contributed by atoms with E-state index in [4.69, 9.17) is 4.74 Å². The fraction of sp³-hybridized carbons (Fsp3) is 0.545. The number of rotatable bonds is 6. The van der Waals surface area contributed by atoms with Crippen molar-refractivity contribution in [3.8, 4) is 0 Å². The van der Waals surface area contributed by atoms with Crippen LogP contribution in [0.3, 0.4) is 0 Å². The first-order valence-electron chi connectivity index (χ1n) is 5.12. The lowest BCUT2D eigenvalue weighted by Crippen LogP contribution is -2.12. The number of aromatic nitrogens is 1. The number of hydrogen-bond acceptors (Lipinski definition) is 3. The molecule has 0 aliphatic rings. The number of ether oxygens (including phenoxy) is 1. The van der Waals surface area contributed by atoms with Crippen LogP contribution in [0.1, 0.15) is 13.8 Å². The summed E-state index contributed by atoms with van der Waals surface area (Å²) >= 11 is 3.42. The molecule has 84 valence electrons. The van der Waals surface area contributed by atoms with Crippen LogP contribution in [0.5, 0.6) is 0 Å². The average Bonchev–Trinajstić information content (AvgIpc) is 2.20. The topological polar surface area (TPSA) is 34.1 Å². The molecule has 0 spiro atoms. The Kier molecular flexibility index (Phi) is 5.65. The normalized spacial score (nSPS) is 10.7. The smallest absolute Gasteiger partial charge is 0.140 e. The minimum absolute atomic E-state index is 0.589. The number of nitrogens with one attached hydrogen (secondary N) is 1. The van der Waals surface area contributed by atoms with Gasteiger partial charge in [-0.05, 0) is 34.0 Å². The largest absolute Gasteiger partial charge is 0.379 e. The van der Waals surface area contributed by atoms with Gasteiger partial charge in [0, 0.05) is 19.3 Å². The fourth-order valence-electron chi connectivity index (χ4n) is 1.08. The van der Waals surface area contributed by atoms with Gasteiger partial charge < -0.3 is 10.1 Å². The molecule has 0 unspecified atom stereocenters. The summed E-state index contributed by atoms with van der Waals surface area (Å²) in [5.41, 5.74) is 0. The Morgan fingerprint density at radius 2 is 2.33 bits per heavy atom. The molecule has 0 fully saturated rings. The van der Waals surface area contributed by atoms with Crippen molar-refractivity contribution in [2.45, 2.75) is 13.8 Å². The van der Waals surface area contributed by atoms with E-state index in [1.807, 2.05) is 12.1 Å². The summed E-state index contributed by atoms with van der Waals surface area (Å²) in [7, 11) is 0. The van der Waals surface area contributed by atoms with E-state index < -0.39 is 0 Å². The summed E-state index contributed by atoms with van der Waals surface area (Å²) in [5.74, 6) is 1.46. The molecule has 1 N–H and O–H groups in total. The van der Waals surface area contributed by atoms with E-state index in [2.05, 4.69) is 40.1 Å². The van der Waals surface area contributed by atoms with Gasteiger partial charge in [-0.25, -0.2) is 4.98 Å². The number of nitrogens with zero attached hydrogens (tertiary/aromatic N) is 1. The van der Waals surface area contributed by atoms with Crippen LogP contribution in [0.4, 0.5) is 5.82 Å². The molecular weight excluding hydrogens is 256 g/mol. The molecule has 0 radical (unpaired) electrons. The third kappa shape index (κ3) is 5.14. The Morgan fingerprint density at radius 3 is 3.00 bits per heavy atom. The Labute approximate surface area is 99.4 Å². The molecule has 4 heteroatoms. The highest BCUT2D eigenvalue weighted by Gasteiger charge is 1.98. The Hall–Kier alpha value is -0.610. The molecule has 3 nitrogen and oxygen atoms in total. The molecule has 1 heterocycles. The zero-order chi connectivity index (χ0) is 11.1. The first-order valence-corrected chi connectivity index (χ1v) is 5.91. The molecule has 0 aliphatic carbocycles. The molecule has 0 amide bonds. The lowest BCUT2D eigenvalue weighted by Gasteiger charge is -2.09. The first kappa shape index (κ1) is 12.5. The van der Waals surface area contributed by atoms with Crippen molar-refractivity contribution < 1.29 is 4.74 Å². The van der Waals surface area contributed by atoms with Crippen molar-refractivity contribution in [3.05, 3.63) is 22.8 Å². The second-order valence-corrected chi connectivity index (χ2v) is 4.58. The maximum absolute atomic E-state index is 5.45. The van der Waals surface area contributed by atoms with Gasteiger partial charge in [-0.3, -0.25) is 0 Å². The van der Waals surface area contributed by atoms with Gasteiger partial charge in [0.1, 0.15) is 5.82 Å². The van der Waals surface area contributed by atoms with E-state index in [-0.39, 0.29) is 0 Å². The van der Waals surface area contributed by atoms with Crippen LogP contribution >= 0.6 is 15.9 Å². The lowest BCUT2D eigenvalue weighted by atomic mass is 10.2. The summed E-state index contributed by atoms with van der Waals surface area (Å²) < 4.78 is 6.43. The Bertz CT molecular complexity index is 292. The molecule has 1 aromatic heterocycles. The van der Waals surface area contributed by atoms with Crippen molar-refractivity contribution >= 4 is 21.7 Å². The maximum atomic E-state index is 5.45. The summed E-state index contributed by atoms with van der Waals surface area (Å²) in [6, 6.07) is 3.86. The molecule has 1 rings (SSSR count). The lowest BCUT2D eigenvalue weighted by molar-refractivity contribution is 0.118. The van der Waals surface area contributed by atoms with E-state index >= 15 is 0 Å². The molecule has 0 aromatic carbocycles. The summed E-state index contributed by atoms with van der Waals surface area (Å²) in [6.07, 6.45) is 1.77. The predicted molar refractivity (Wildman–Crippen MR) is 66.1 cm³/mol. The predicted octanol–water partition coefficient (Wildman–Crippen LogP) is 2.93. The maximum Gasteiger partial charge on any atom is 0.140 e. The highest BCUT2D eigenvalue weighted by atomic mass is 79.9. The SMILES string of the molecule is CC(C)COCCNc1ncccc1Br. The van der Waals surface area contributed by atoms with Crippen LogP contribution in [0.15, 0.2) is 22.8 Å².